The van der Waals surface area contributed by atoms with Gasteiger partial charge in [-0.25, -0.2) is 0 Å². The van der Waals surface area contributed by atoms with E-state index in [-0.39, 0.29) is 11.8 Å². The van der Waals surface area contributed by atoms with Crippen LogP contribution < -0.4 is 15.0 Å². The molecule has 0 saturated carbocycles. The zero-order chi connectivity index (χ0) is 24.5. The summed E-state index contributed by atoms with van der Waals surface area (Å²) in [6.45, 7) is 8.74. The van der Waals surface area contributed by atoms with Crippen LogP contribution >= 0.6 is 0 Å². The molecule has 178 valence electrons. The number of ether oxygens (including phenoxy) is 1. The maximum Gasteiger partial charge on any atom is 0.265 e. The first kappa shape index (κ1) is 25.0. The highest BCUT2D eigenvalue weighted by Crippen LogP contribution is 2.29. The SMILES string of the molecule is CCC(Oc1ccccc1C(C)CC)C(=O)Nc1ccc(C(=O)N(CC)c2ccccc2)cc1. The summed E-state index contributed by atoms with van der Waals surface area (Å²) in [4.78, 5) is 27.7. The summed E-state index contributed by atoms with van der Waals surface area (Å²) in [5.41, 5.74) is 3.15. The smallest absolute Gasteiger partial charge is 0.265 e. The Labute approximate surface area is 202 Å². The highest BCUT2D eigenvalue weighted by molar-refractivity contribution is 6.06. The van der Waals surface area contributed by atoms with E-state index in [1.54, 1.807) is 29.2 Å². The van der Waals surface area contributed by atoms with Gasteiger partial charge in [-0.05, 0) is 73.7 Å². The van der Waals surface area contributed by atoms with Gasteiger partial charge in [-0.3, -0.25) is 9.59 Å². The van der Waals surface area contributed by atoms with Crippen LogP contribution in [0.1, 0.15) is 62.4 Å². The molecule has 3 rings (SSSR count). The zero-order valence-corrected chi connectivity index (χ0v) is 20.5. The van der Waals surface area contributed by atoms with Gasteiger partial charge in [-0.15, -0.1) is 0 Å². The summed E-state index contributed by atoms with van der Waals surface area (Å²) in [5.74, 6) is 0.809. The zero-order valence-electron chi connectivity index (χ0n) is 20.5. The van der Waals surface area contributed by atoms with Gasteiger partial charge in [0.25, 0.3) is 11.8 Å². The average Bonchev–Trinajstić information content (AvgIpc) is 2.88. The van der Waals surface area contributed by atoms with Crippen molar-refractivity contribution in [1.29, 1.82) is 0 Å². The van der Waals surface area contributed by atoms with Gasteiger partial charge >= 0.3 is 0 Å². The molecule has 0 spiro atoms. The van der Waals surface area contributed by atoms with Crippen LogP contribution in [0.4, 0.5) is 11.4 Å². The van der Waals surface area contributed by atoms with Gasteiger partial charge in [0.05, 0.1) is 0 Å². The van der Waals surface area contributed by atoms with Crippen molar-refractivity contribution in [3.8, 4) is 5.75 Å². The van der Waals surface area contributed by atoms with E-state index in [9.17, 15) is 9.59 Å². The van der Waals surface area contributed by atoms with Crippen molar-refractivity contribution in [3.05, 3.63) is 90.0 Å². The number of nitrogens with one attached hydrogen (secondary N) is 1. The number of hydrogen-bond donors (Lipinski definition) is 1. The second-order valence-electron chi connectivity index (χ2n) is 8.31. The van der Waals surface area contributed by atoms with Gasteiger partial charge < -0.3 is 15.0 Å². The third-order valence-corrected chi connectivity index (χ3v) is 6.02. The van der Waals surface area contributed by atoms with Gasteiger partial charge in [-0.1, -0.05) is 57.2 Å². The topological polar surface area (TPSA) is 58.6 Å². The Morgan fingerprint density at radius 1 is 0.853 bits per heavy atom. The Hall–Kier alpha value is -3.60. The molecular weight excluding hydrogens is 424 g/mol. The van der Waals surface area contributed by atoms with E-state index in [1.807, 2.05) is 62.4 Å². The summed E-state index contributed by atoms with van der Waals surface area (Å²) >= 11 is 0. The highest BCUT2D eigenvalue weighted by atomic mass is 16.5. The molecule has 2 amide bonds. The minimum Gasteiger partial charge on any atom is -0.480 e. The fourth-order valence-electron chi connectivity index (χ4n) is 3.82. The van der Waals surface area contributed by atoms with Crippen molar-refractivity contribution in [2.75, 3.05) is 16.8 Å². The maximum absolute atomic E-state index is 13.0. The molecule has 2 atom stereocenters. The normalized spacial score (nSPS) is 12.5. The Morgan fingerprint density at radius 3 is 2.12 bits per heavy atom. The van der Waals surface area contributed by atoms with Gasteiger partial charge in [0.15, 0.2) is 6.10 Å². The third-order valence-electron chi connectivity index (χ3n) is 6.02. The van der Waals surface area contributed by atoms with Crippen LogP contribution in [0, 0.1) is 0 Å². The van der Waals surface area contributed by atoms with E-state index in [4.69, 9.17) is 4.74 Å². The van der Waals surface area contributed by atoms with Crippen LogP contribution in [0.5, 0.6) is 5.75 Å². The van der Waals surface area contributed by atoms with Crippen molar-refractivity contribution in [2.45, 2.75) is 52.6 Å². The van der Waals surface area contributed by atoms with Crippen LogP contribution in [0.3, 0.4) is 0 Å². The number of rotatable bonds is 10. The summed E-state index contributed by atoms with van der Waals surface area (Å²) in [7, 11) is 0. The first-order valence-corrected chi connectivity index (χ1v) is 12.0. The molecule has 0 aliphatic rings. The van der Waals surface area contributed by atoms with Gasteiger partial charge in [-0.2, -0.15) is 0 Å². The Morgan fingerprint density at radius 2 is 1.50 bits per heavy atom. The number of hydrogen-bond acceptors (Lipinski definition) is 3. The first-order valence-electron chi connectivity index (χ1n) is 12.0. The first-order chi connectivity index (χ1) is 16.5. The minimum absolute atomic E-state index is 0.0806. The fourth-order valence-corrected chi connectivity index (χ4v) is 3.82. The third kappa shape index (κ3) is 6.04. The predicted octanol–water partition coefficient (Wildman–Crippen LogP) is 6.66. The lowest BCUT2D eigenvalue weighted by atomic mass is 9.98. The molecule has 1 N–H and O–H groups in total. The molecular formula is C29H34N2O3. The van der Waals surface area contributed by atoms with Crippen molar-refractivity contribution in [1.82, 2.24) is 0 Å². The number of carbonyl (C=O) groups excluding carboxylic acids is 2. The molecule has 0 saturated heterocycles. The molecule has 5 heteroatoms. The van der Waals surface area contributed by atoms with Gasteiger partial charge in [0.2, 0.25) is 0 Å². The molecule has 0 fully saturated rings. The number of anilines is 2. The molecule has 0 aliphatic carbocycles. The molecule has 3 aromatic carbocycles. The second-order valence-corrected chi connectivity index (χ2v) is 8.31. The van der Waals surface area contributed by atoms with Crippen molar-refractivity contribution in [3.63, 3.8) is 0 Å². The lowest BCUT2D eigenvalue weighted by Crippen LogP contribution is -2.33. The Bertz CT molecular complexity index is 1080. The second kappa shape index (κ2) is 12.0. The molecule has 3 aromatic rings. The van der Waals surface area contributed by atoms with E-state index in [0.717, 1.165) is 23.4 Å². The van der Waals surface area contributed by atoms with Crippen LogP contribution in [-0.2, 0) is 4.79 Å². The summed E-state index contributed by atoms with van der Waals surface area (Å²) < 4.78 is 6.14. The summed E-state index contributed by atoms with van der Waals surface area (Å²) in [6, 6.07) is 24.5. The van der Waals surface area contributed by atoms with E-state index in [0.29, 0.717) is 30.1 Å². The standard InChI is InChI=1S/C29H34N2O3/c1-5-21(4)25-15-11-12-16-27(25)34-26(6-2)28(32)30-23-19-17-22(18-20-23)29(33)31(7-3)24-13-9-8-10-14-24/h8-21,26H,5-7H2,1-4H3,(H,30,32). The molecule has 0 heterocycles. The van der Waals surface area contributed by atoms with E-state index >= 15 is 0 Å². The predicted molar refractivity (Wildman–Crippen MR) is 139 cm³/mol. The molecule has 34 heavy (non-hydrogen) atoms. The fraction of sp³-hybridized carbons (Fsp3) is 0.310. The van der Waals surface area contributed by atoms with Crippen LogP contribution in [0.15, 0.2) is 78.9 Å². The van der Waals surface area contributed by atoms with E-state index < -0.39 is 6.10 Å². The van der Waals surface area contributed by atoms with E-state index in [2.05, 4.69) is 25.2 Å². The van der Waals surface area contributed by atoms with Crippen molar-refractivity contribution in [2.24, 2.45) is 0 Å². The van der Waals surface area contributed by atoms with Crippen molar-refractivity contribution < 1.29 is 14.3 Å². The highest BCUT2D eigenvalue weighted by Gasteiger charge is 2.21. The molecule has 5 nitrogen and oxygen atoms in total. The lowest BCUT2D eigenvalue weighted by molar-refractivity contribution is -0.122. The average molecular weight is 459 g/mol. The minimum atomic E-state index is -0.611. The molecule has 0 aliphatic heterocycles. The maximum atomic E-state index is 13.0. The number of carbonyl (C=O) groups is 2. The van der Waals surface area contributed by atoms with Crippen LogP contribution in [0.2, 0.25) is 0 Å². The van der Waals surface area contributed by atoms with Gasteiger partial charge in [0, 0.05) is 23.5 Å². The number of benzene rings is 3. The molecule has 0 radical (unpaired) electrons. The quantitative estimate of drug-likeness (QED) is 0.369. The summed E-state index contributed by atoms with van der Waals surface area (Å²) in [5, 5.41) is 2.93. The Kier molecular flexibility index (Phi) is 8.86. The Balaban J connectivity index is 1.68. The van der Waals surface area contributed by atoms with Crippen molar-refractivity contribution >= 4 is 23.2 Å². The summed E-state index contributed by atoms with van der Waals surface area (Å²) in [6.07, 6.45) is 0.925. The van der Waals surface area contributed by atoms with E-state index in [1.165, 1.54) is 0 Å². The molecule has 2 unspecified atom stereocenters. The van der Waals surface area contributed by atoms with Crippen LogP contribution in [0.25, 0.3) is 0 Å². The molecule has 0 bridgehead atoms. The number of nitrogens with zero attached hydrogens (tertiary/aromatic N) is 1. The van der Waals surface area contributed by atoms with Gasteiger partial charge in [0.1, 0.15) is 5.75 Å². The number of amides is 2. The monoisotopic (exact) mass is 458 g/mol. The molecule has 0 aromatic heterocycles. The number of para-hydroxylation sites is 2. The largest absolute Gasteiger partial charge is 0.480 e. The lowest BCUT2D eigenvalue weighted by Gasteiger charge is -2.22. The van der Waals surface area contributed by atoms with Crippen LogP contribution in [-0.4, -0.2) is 24.5 Å².